The van der Waals surface area contributed by atoms with Gasteiger partial charge in [0, 0.05) is 16.9 Å². The number of nitrogens with one attached hydrogen (secondary N) is 1. The predicted octanol–water partition coefficient (Wildman–Crippen LogP) is 5.84. The van der Waals surface area contributed by atoms with Gasteiger partial charge < -0.3 is 9.88 Å². The van der Waals surface area contributed by atoms with Crippen LogP contribution in [0.5, 0.6) is 0 Å². The molecule has 0 bridgehead atoms. The van der Waals surface area contributed by atoms with Gasteiger partial charge in [0.1, 0.15) is 6.54 Å². The number of aromatic nitrogens is 1. The number of nitrogens with zero attached hydrogens (tertiary/aromatic N) is 1. The fourth-order valence-electron chi connectivity index (χ4n) is 3.58. The molecule has 1 N–H and O–H groups in total. The fourth-order valence-corrected chi connectivity index (χ4v) is 3.58. The van der Waals surface area contributed by atoms with Crippen LogP contribution in [0.15, 0.2) is 48.5 Å². The molecule has 1 aromatic heterocycles. The molecule has 2 aromatic carbocycles. The lowest BCUT2D eigenvalue weighted by molar-refractivity contribution is -0.116. The van der Waals surface area contributed by atoms with Crippen molar-refractivity contribution in [1.82, 2.24) is 4.57 Å². The first kappa shape index (κ1) is 18.2. The molecule has 0 spiro atoms. The summed E-state index contributed by atoms with van der Waals surface area (Å²) in [5, 5.41) is 4.38. The summed E-state index contributed by atoms with van der Waals surface area (Å²) in [5.41, 5.74) is 5.57. The number of hydrogen-bond acceptors (Lipinski definition) is 1. The van der Waals surface area contributed by atoms with Crippen molar-refractivity contribution in [3.8, 4) is 0 Å². The van der Waals surface area contributed by atoms with E-state index in [1.165, 1.54) is 16.5 Å². The minimum absolute atomic E-state index is 0.0180. The van der Waals surface area contributed by atoms with Crippen LogP contribution in [0.25, 0.3) is 10.9 Å². The Hall–Kier alpha value is -2.55. The number of anilines is 1. The zero-order chi connectivity index (χ0) is 18.8. The van der Waals surface area contributed by atoms with Crippen molar-refractivity contribution in [2.45, 2.75) is 53.0 Å². The molecule has 3 rings (SSSR count). The normalized spacial score (nSPS) is 11.5. The highest BCUT2D eigenvalue weighted by molar-refractivity contribution is 5.94. The van der Waals surface area contributed by atoms with Gasteiger partial charge in [0.05, 0.1) is 0 Å². The summed E-state index contributed by atoms with van der Waals surface area (Å²) in [6, 6.07) is 16.6. The number of rotatable bonds is 5. The summed E-state index contributed by atoms with van der Waals surface area (Å²) in [5.74, 6) is 0.737. The van der Waals surface area contributed by atoms with Crippen LogP contribution in [-0.2, 0) is 11.3 Å². The number of para-hydroxylation sites is 2. The molecule has 0 aliphatic rings. The van der Waals surface area contributed by atoms with Crippen molar-refractivity contribution in [2.75, 3.05) is 5.32 Å². The fraction of sp³-hybridized carbons (Fsp3) is 0.348. The maximum atomic E-state index is 12.9. The molecule has 26 heavy (non-hydrogen) atoms. The molecule has 136 valence electrons. The minimum Gasteiger partial charge on any atom is -0.335 e. The van der Waals surface area contributed by atoms with Crippen LogP contribution in [0.4, 0.5) is 5.69 Å². The first-order valence-corrected chi connectivity index (χ1v) is 9.36. The second-order valence-corrected chi connectivity index (χ2v) is 7.60. The van der Waals surface area contributed by atoms with Crippen molar-refractivity contribution < 1.29 is 4.79 Å². The van der Waals surface area contributed by atoms with Gasteiger partial charge in [-0.15, -0.1) is 0 Å². The van der Waals surface area contributed by atoms with E-state index in [2.05, 4.69) is 80.9 Å². The van der Waals surface area contributed by atoms with Crippen molar-refractivity contribution in [3.63, 3.8) is 0 Å². The maximum Gasteiger partial charge on any atom is 0.244 e. The SMILES string of the molecule is Cc1cc2ccccc2n1CC(=O)Nc1c(C(C)C)cccc1C(C)C. The monoisotopic (exact) mass is 348 g/mol. The van der Waals surface area contributed by atoms with Crippen molar-refractivity contribution in [1.29, 1.82) is 0 Å². The van der Waals surface area contributed by atoms with Crippen LogP contribution in [0.1, 0.15) is 56.4 Å². The minimum atomic E-state index is 0.0180. The van der Waals surface area contributed by atoms with Crippen molar-refractivity contribution in [3.05, 3.63) is 65.4 Å². The van der Waals surface area contributed by atoms with E-state index in [1.807, 2.05) is 12.1 Å². The maximum absolute atomic E-state index is 12.9. The second kappa shape index (κ2) is 7.36. The van der Waals surface area contributed by atoms with Gasteiger partial charge in [0.2, 0.25) is 5.91 Å². The summed E-state index contributed by atoms with van der Waals surface area (Å²) in [4.78, 5) is 12.9. The van der Waals surface area contributed by atoms with Crippen molar-refractivity contribution in [2.24, 2.45) is 0 Å². The van der Waals surface area contributed by atoms with Crippen LogP contribution in [-0.4, -0.2) is 10.5 Å². The molecule has 3 nitrogen and oxygen atoms in total. The number of fused-ring (bicyclic) bond motifs is 1. The standard InChI is InChI=1S/C23H28N2O/c1-15(2)19-10-8-11-20(16(3)4)23(19)24-22(26)14-25-17(5)13-18-9-6-7-12-21(18)25/h6-13,15-16H,14H2,1-5H3,(H,24,26). The number of carbonyl (C=O) groups is 1. The molecule has 1 amide bonds. The number of benzene rings is 2. The van der Waals surface area contributed by atoms with E-state index < -0.39 is 0 Å². The van der Waals surface area contributed by atoms with Gasteiger partial charge in [-0.1, -0.05) is 64.1 Å². The van der Waals surface area contributed by atoms with Gasteiger partial charge in [-0.05, 0) is 47.4 Å². The van der Waals surface area contributed by atoms with Gasteiger partial charge in [0.15, 0.2) is 0 Å². The molecule has 0 aliphatic heterocycles. The first-order chi connectivity index (χ1) is 12.4. The van der Waals surface area contributed by atoms with Crippen LogP contribution in [0.2, 0.25) is 0 Å². The highest BCUT2D eigenvalue weighted by Gasteiger charge is 2.17. The molecular formula is C23H28N2O. The van der Waals surface area contributed by atoms with E-state index >= 15 is 0 Å². The number of aryl methyl sites for hydroxylation is 1. The zero-order valence-electron chi connectivity index (χ0n) is 16.3. The molecule has 3 aromatic rings. The average Bonchev–Trinajstić information content (AvgIpc) is 2.90. The molecule has 1 heterocycles. The summed E-state index contributed by atoms with van der Waals surface area (Å²) in [6.07, 6.45) is 0. The molecule has 0 radical (unpaired) electrons. The van der Waals surface area contributed by atoms with Gasteiger partial charge >= 0.3 is 0 Å². The van der Waals surface area contributed by atoms with Gasteiger partial charge in [-0.3, -0.25) is 4.79 Å². The van der Waals surface area contributed by atoms with Crippen LogP contribution in [0.3, 0.4) is 0 Å². The van der Waals surface area contributed by atoms with Gasteiger partial charge in [-0.2, -0.15) is 0 Å². The third kappa shape index (κ3) is 3.52. The third-order valence-corrected chi connectivity index (χ3v) is 4.96. The number of carbonyl (C=O) groups excluding carboxylic acids is 1. The van der Waals surface area contributed by atoms with Crippen LogP contribution in [0, 0.1) is 6.92 Å². The Bertz CT molecular complexity index is 908. The molecule has 0 saturated heterocycles. The Morgan fingerprint density at radius 1 is 0.962 bits per heavy atom. The number of hydrogen-bond donors (Lipinski definition) is 1. The molecule has 0 fully saturated rings. The lowest BCUT2D eigenvalue weighted by Crippen LogP contribution is -2.21. The molecule has 3 heteroatoms. The lowest BCUT2D eigenvalue weighted by Gasteiger charge is -2.20. The van der Waals surface area contributed by atoms with E-state index in [9.17, 15) is 4.79 Å². The van der Waals surface area contributed by atoms with Crippen LogP contribution >= 0.6 is 0 Å². The summed E-state index contributed by atoms with van der Waals surface area (Å²) in [6.45, 7) is 11.0. The Labute approximate surface area is 156 Å². The summed E-state index contributed by atoms with van der Waals surface area (Å²) >= 11 is 0. The molecule has 0 saturated carbocycles. The number of amides is 1. The summed E-state index contributed by atoms with van der Waals surface area (Å²) < 4.78 is 2.08. The predicted molar refractivity (Wildman–Crippen MR) is 110 cm³/mol. The van der Waals surface area contributed by atoms with E-state index in [0.29, 0.717) is 18.4 Å². The van der Waals surface area contributed by atoms with E-state index in [4.69, 9.17) is 0 Å². The Morgan fingerprint density at radius 2 is 1.58 bits per heavy atom. The second-order valence-electron chi connectivity index (χ2n) is 7.60. The first-order valence-electron chi connectivity index (χ1n) is 9.36. The largest absolute Gasteiger partial charge is 0.335 e. The van der Waals surface area contributed by atoms with E-state index in [1.54, 1.807) is 0 Å². The summed E-state index contributed by atoms with van der Waals surface area (Å²) in [7, 11) is 0. The molecular weight excluding hydrogens is 320 g/mol. The molecule has 0 atom stereocenters. The Kier molecular flexibility index (Phi) is 5.17. The molecule has 0 aliphatic carbocycles. The van der Waals surface area contributed by atoms with Crippen LogP contribution < -0.4 is 5.32 Å². The van der Waals surface area contributed by atoms with Gasteiger partial charge in [-0.25, -0.2) is 0 Å². The highest BCUT2D eigenvalue weighted by Crippen LogP contribution is 2.32. The lowest BCUT2D eigenvalue weighted by atomic mass is 9.92. The Balaban J connectivity index is 1.92. The zero-order valence-corrected chi connectivity index (χ0v) is 16.3. The van der Waals surface area contributed by atoms with Crippen molar-refractivity contribution >= 4 is 22.5 Å². The van der Waals surface area contributed by atoms with Gasteiger partial charge in [0.25, 0.3) is 0 Å². The van der Waals surface area contributed by atoms with E-state index in [0.717, 1.165) is 16.9 Å². The average molecular weight is 348 g/mol. The smallest absolute Gasteiger partial charge is 0.244 e. The van der Waals surface area contributed by atoms with E-state index in [-0.39, 0.29) is 5.91 Å². The Morgan fingerprint density at radius 3 is 2.19 bits per heavy atom. The third-order valence-electron chi connectivity index (χ3n) is 4.96. The highest BCUT2D eigenvalue weighted by atomic mass is 16.1. The topological polar surface area (TPSA) is 34.0 Å². The molecule has 0 unspecified atom stereocenters. The quantitative estimate of drug-likeness (QED) is 0.618.